The summed E-state index contributed by atoms with van der Waals surface area (Å²) in [5.74, 6) is 0. The van der Waals surface area contributed by atoms with E-state index >= 15 is 0 Å². The van der Waals surface area contributed by atoms with Gasteiger partial charge in [0.1, 0.15) is 24.4 Å². The lowest BCUT2D eigenvalue weighted by Gasteiger charge is -2.48. The molecular formula is C26H30NO2+. The van der Waals surface area contributed by atoms with Gasteiger partial charge >= 0.3 is 0 Å². The van der Waals surface area contributed by atoms with Crippen LogP contribution in [0.2, 0.25) is 0 Å². The van der Waals surface area contributed by atoms with Gasteiger partial charge in [-0.3, -0.25) is 0 Å². The molecule has 1 aliphatic heterocycles. The van der Waals surface area contributed by atoms with Gasteiger partial charge in [0.2, 0.25) is 0 Å². The highest BCUT2D eigenvalue weighted by Gasteiger charge is 2.50. The van der Waals surface area contributed by atoms with Gasteiger partial charge in [0.15, 0.2) is 0 Å². The summed E-state index contributed by atoms with van der Waals surface area (Å²) in [7, 11) is 6.58. The zero-order valence-electron chi connectivity index (χ0n) is 17.5. The smallest absolute Gasteiger partial charge is 0.149 e. The van der Waals surface area contributed by atoms with Crippen LogP contribution in [0.4, 0.5) is 0 Å². The second-order valence-corrected chi connectivity index (χ2v) is 8.80. The minimum Gasteiger partial charge on any atom is -0.367 e. The standard InChI is InChI=1S/C26H30NO2/c1-27(2,3)19-24-20-28-25(21-13-7-4-8-14-21)26(29-24,22-15-9-5-10-16-22)23-17-11-6-12-18-23/h4-18,24-25H,19-20H2,1-3H3/q+1/t24-,25-/m1/s1. The number of quaternary nitrogens is 1. The van der Waals surface area contributed by atoms with Crippen molar-refractivity contribution >= 4 is 0 Å². The van der Waals surface area contributed by atoms with Crippen molar-refractivity contribution in [3.63, 3.8) is 0 Å². The van der Waals surface area contributed by atoms with E-state index in [1.807, 2.05) is 18.2 Å². The highest BCUT2D eigenvalue weighted by Crippen LogP contribution is 2.49. The number of hydrogen-bond donors (Lipinski definition) is 0. The van der Waals surface area contributed by atoms with Crippen molar-refractivity contribution in [3.8, 4) is 0 Å². The molecule has 0 spiro atoms. The Morgan fingerprint density at radius 1 is 0.759 bits per heavy atom. The predicted octanol–water partition coefficient (Wildman–Crippen LogP) is 4.79. The van der Waals surface area contributed by atoms with Crippen LogP contribution in [0.1, 0.15) is 22.8 Å². The van der Waals surface area contributed by atoms with Crippen molar-refractivity contribution < 1.29 is 14.0 Å². The summed E-state index contributed by atoms with van der Waals surface area (Å²) in [6, 6.07) is 31.5. The Morgan fingerprint density at radius 3 is 1.72 bits per heavy atom. The predicted molar refractivity (Wildman–Crippen MR) is 117 cm³/mol. The quantitative estimate of drug-likeness (QED) is 0.585. The summed E-state index contributed by atoms with van der Waals surface area (Å²) in [6.45, 7) is 1.46. The molecule has 0 aliphatic carbocycles. The van der Waals surface area contributed by atoms with E-state index in [1.165, 1.54) is 0 Å². The zero-order valence-corrected chi connectivity index (χ0v) is 17.5. The maximum atomic E-state index is 7.05. The molecule has 3 aromatic rings. The number of hydrogen-bond acceptors (Lipinski definition) is 2. The Balaban J connectivity index is 1.89. The SMILES string of the molecule is C[N+](C)(C)C[C@@H]1CO[C@H](c2ccccc2)C(c2ccccc2)(c2ccccc2)O1. The Labute approximate surface area is 174 Å². The van der Waals surface area contributed by atoms with E-state index in [0.717, 1.165) is 27.7 Å². The minimum atomic E-state index is -0.706. The normalized spacial score (nSPS) is 21.6. The van der Waals surface area contributed by atoms with Crippen molar-refractivity contribution in [3.05, 3.63) is 108 Å². The molecule has 3 aromatic carbocycles. The summed E-state index contributed by atoms with van der Waals surface area (Å²) in [6.07, 6.45) is -0.229. The van der Waals surface area contributed by atoms with Gasteiger partial charge in [-0.1, -0.05) is 91.0 Å². The number of nitrogens with zero attached hydrogens (tertiary/aromatic N) is 1. The maximum absolute atomic E-state index is 7.05. The number of rotatable bonds is 5. The molecule has 1 fully saturated rings. The molecule has 0 saturated carbocycles. The van der Waals surface area contributed by atoms with Gasteiger partial charge in [-0.2, -0.15) is 0 Å². The van der Waals surface area contributed by atoms with Crippen molar-refractivity contribution in [2.24, 2.45) is 0 Å². The van der Waals surface area contributed by atoms with Gasteiger partial charge in [-0.05, 0) is 16.7 Å². The monoisotopic (exact) mass is 388 g/mol. The van der Waals surface area contributed by atoms with Crippen LogP contribution in [-0.4, -0.2) is 44.9 Å². The fourth-order valence-corrected chi connectivity index (χ4v) is 4.32. The van der Waals surface area contributed by atoms with E-state index < -0.39 is 5.60 Å². The molecule has 0 bridgehead atoms. The minimum absolute atomic E-state index is 0.00428. The molecule has 0 amide bonds. The molecule has 29 heavy (non-hydrogen) atoms. The highest BCUT2D eigenvalue weighted by atomic mass is 16.6. The first-order valence-corrected chi connectivity index (χ1v) is 10.2. The van der Waals surface area contributed by atoms with E-state index in [4.69, 9.17) is 9.47 Å². The van der Waals surface area contributed by atoms with Crippen LogP contribution in [0.3, 0.4) is 0 Å². The van der Waals surface area contributed by atoms with E-state index in [2.05, 4.69) is 93.9 Å². The van der Waals surface area contributed by atoms with Crippen molar-refractivity contribution in [1.29, 1.82) is 0 Å². The van der Waals surface area contributed by atoms with Gasteiger partial charge < -0.3 is 14.0 Å². The lowest BCUT2D eigenvalue weighted by molar-refractivity contribution is -0.874. The number of benzene rings is 3. The second-order valence-electron chi connectivity index (χ2n) is 8.80. The first-order valence-electron chi connectivity index (χ1n) is 10.2. The summed E-state index contributed by atoms with van der Waals surface area (Å²) < 4.78 is 14.5. The topological polar surface area (TPSA) is 18.5 Å². The van der Waals surface area contributed by atoms with Crippen LogP contribution in [0.25, 0.3) is 0 Å². The van der Waals surface area contributed by atoms with Crippen molar-refractivity contribution in [2.75, 3.05) is 34.3 Å². The Morgan fingerprint density at radius 2 is 1.24 bits per heavy atom. The lowest BCUT2D eigenvalue weighted by Crippen LogP contribution is -2.53. The third kappa shape index (κ3) is 4.13. The Hall–Kier alpha value is -2.46. The fraction of sp³-hybridized carbons (Fsp3) is 0.308. The summed E-state index contributed by atoms with van der Waals surface area (Å²) in [5, 5.41) is 0. The van der Waals surface area contributed by atoms with Gasteiger partial charge in [-0.25, -0.2) is 0 Å². The third-order valence-corrected chi connectivity index (χ3v) is 5.43. The number of ether oxygens (including phenoxy) is 2. The molecule has 3 heteroatoms. The van der Waals surface area contributed by atoms with E-state index in [0.29, 0.717) is 6.61 Å². The first-order chi connectivity index (χ1) is 14.0. The molecular weight excluding hydrogens is 358 g/mol. The molecule has 2 atom stereocenters. The highest BCUT2D eigenvalue weighted by molar-refractivity contribution is 5.41. The van der Waals surface area contributed by atoms with Crippen molar-refractivity contribution in [1.82, 2.24) is 0 Å². The van der Waals surface area contributed by atoms with Gasteiger partial charge in [0, 0.05) is 0 Å². The summed E-state index contributed by atoms with van der Waals surface area (Å²) >= 11 is 0. The molecule has 150 valence electrons. The molecule has 1 heterocycles. The lowest BCUT2D eigenvalue weighted by atomic mass is 9.77. The van der Waals surface area contributed by atoms with E-state index in [-0.39, 0.29) is 12.2 Å². The average molecular weight is 389 g/mol. The van der Waals surface area contributed by atoms with E-state index in [1.54, 1.807) is 0 Å². The summed E-state index contributed by atoms with van der Waals surface area (Å²) in [4.78, 5) is 0. The van der Waals surface area contributed by atoms with Crippen LogP contribution in [0, 0.1) is 0 Å². The molecule has 4 rings (SSSR count). The van der Waals surface area contributed by atoms with Gasteiger partial charge in [0.25, 0.3) is 0 Å². The first kappa shape index (κ1) is 19.8. The number of likely N-dealkylation sites (N-methyl/N-ethyl adjacent to an activating group) is 1. The third-order valence-electron chi connectivity index (χ3n) is 5.43. The Kier molecular flexibility index (Phi) is 5.55. The molecule has 1 saturated heterocycles. The maximum Gasteiger partial charge on any atom is 0.149 e. The molecule has 0 N–H and O–H groups in total. The van der Waals surface area contributed by atoms with Crippen LogP contribution < -0.4 is 0 Å². The molecule has 0 radical (unpaired) electrons. The molecule has 1 aliphatic rings. The fourth-order valence-electron chi connectivity index (χ4n) is 4.32. The molecule has 0 unspecified atom stereocenters. The van der Waals surface area contributed by atoms with Crippen LogP contribution >= 0.6 is 0 Å². The summed E-state index contributed by atoms with van der Waals surface area (Å²) in [5.41, 5.74) is 2.66. The Bertz CT molecular complexity index is 864. The van der Waals surface area contributed by atoms with Gasteiger partial charge in [-0.15, -0.1) is 0 Å². The molecule has 0 aromatic heterocycles. The average Bonchev–Trinajstić information content (AvgIpc) is 2.74. The second kappa shape index (κ2) is 8.11. The molecule has 3 nitrogen and oxygen atoms in total. The zero-order chi connectivity index (χ0) is 20.3. The largest absolute Gasteiger partial charge is 0.367 e. The van der Waals surface area contributed by atoms with Crippen LogP contribution in [0.15, 0.2) is 91.0 Å². The van der Waals surface area contributed by atoms with Crippen molar-refractivity contribution in [2.45, 2.75) is 17.8 Å². The van der Waals surface area contributed by atoms with Gasteiger partial charge in [0.05, 0.1) is 27.7 Å². The van der Waals surface area contributed by atoms with E-state index in [9.17, 15) is 0 Å². The van der Waals surface area contributed by atoms with Crippen LogP contribution in [0.5, 0.6) is 0 Å². The van der Waals surface area contributed by atoms with Crippen LogP contribution in [-0.2, 0) is 15.1 Å².